The summed E-state index contributed by atoms with van der Waals surface area (Å²) < 4.78 is 9.80. The average Bonchev–Trinajstić information content (AvgIpc) is 3.36. The van der Waals surface area contributed by atoms with E-state index in [9.17, 15) is 9.59 Å². The zero-order valence-electron chi connectivity index (χ0n) is 15.0. The summed E-state index contributed by atoms with van der Waals surface area (Å²) in [4.78, 5) is 32.9. The Morgan fingerprint density at radius 3 is 3.04 bits per heavy atom. The number of ether oxygens (including phenoxy) is 1. The molecule has 9 heteroatoms. The van der Waals surface area contributed by atoms with Gasteiger partial charge in [0.25, 0.3) is 11.8 Å². The number of piperidine rings is 1. The highest BCUT2D eigenvalue weighted by Gasteiger charge is 2.43. The van der Waals surface area contributed by atoms with Crippen LogP contribution in [0, 0.1) is 5.92 Å². The molecule has 4 rings (SSSR count). The molecule has 2 amide bonds. The van der Waals surface area contributed by atoms with E-state index in [0.29, 0.717) is 37.7 Å². The smallest absolute Gasteiger partial charge is 0.275 e. The van der Waals surface area contributed by atoms with Crippen molar-refractivity contribution in [1.29, 1.82) is 0 Å². The zero-order valence-corrected chi connectivity index (χ0v) is 15.8. The molecule has 2 aromatic rings. The van der Waals surface area contributed by atoms with Gasteiger partial charge < -0.3 is 14.5 Å². The lowest BCUT2D eigenvalue weighted by molar-refractivity contribution is -0.142. The second-order valence-corrected chi connectivity index (χ2v) is 7.61. The first-order chi connectivity index (χ1) is 13.1. The van der Waals surface area contributed by atoms with Crippen molar-refractivity contribution in [2.75, 3.05) is 20.1 Å². The predicted molar refractivity (Wildman–Crippen MR) is 97.9 cm³/mol. The van der Waals surface area contributed by atoms with E-state index in [-0.39, 0.29) is 17.9 Å². The zero-order chi connectivity index (χ0) is 18.8. The van der Waals surface area contributed by atoms with Crippen molar-refractivity contribution < 1.29 is 14.3 Å². The van der Waals surface area contributed by atoms with E-state index in [4.69, 9.17) is 4.74 Å². The number of likely N-dealkylation sites (N-methyl/N-ethyl adjacent to an activating group) is 1. The van der Waals surface area contributed by atoms with Crippen LogP contribution in [-0.2, 0) is 16.1 Å². The Morgan fingerprint density at radius 1 is 1.41 bits per heavy atom. The van der Waals surface area contributed by atoms with Crippen LogP contribution in [0.4, 0.5) is 0 Å². The molecule has 0 saturated carbocycles. The minimum Gasteiger partial charge on any atom is -0.363 e. The highest BCUT2D eigenvalue weighted by Crippen LogP contribution is 2.34. The second kappa shape index (κ2) is 7.69. The lowest BCUT2D eigenvalue weighted by Gasteiger charge is -2.33. The normalized spacial score (nSPS) is 24.5. The summed E-state index contributed by atoms with van der Waals surface area (Å²) in [5, 5.41) is 5.51. The first-order valence-corrected chi connectivity index (χ1v) is 9.82. The van der Waals surface area contributed by atoms with Gasteiger partial charge in [0.05, 0.1) is 18.3 Å². The number of hydrogen-bond acceptors (Lipinski definition) is 7. The molecule has 4 heterocycles. The van der Waals surface area contributed by atoms with Gasteiger partial charge in [-0.1, -0.05) is 10.6 Å². The number of likely N-dealkylation sites (tertiary alicyclic amines) is 1. The maximum Gasteiger partial charge on any atom is 0.275 e. The van der Waals surface area contributed by atoms with Crippen molar-refractivity contribution in [3.63, 3.8) is 0 Å². The van der Waals surface area contributed by atoms with Gasteiger partial charge in [-0.3, -0.25) is 14.6 Å². The molecular weight excluding hydrogens is 366 g/mol. The molecule has 2 aliphatic heterocycles. The van der Waals surface area contributed by atoms with E-state index in [1.165, 1.54) is 0 Å². The van der Waals surface area contributed by atoms with Crippen LogP contribution in [0.1, 0.15) is 29.0 Å². The molecule has 0 aromatic carbocycles. The van der Waals surface area contributed by atoms with Gasteiger partial charge in [-0.15, -0.1) is 5.10 Å². The third kappa shape index (κ3) is 3.84. The molecule has 3 atom stereocenters. The fourth-order valence-electron chi connectivity index (χ4n) is 3.75. The van der Waals surface area contributed by atoms with Gasteiger partial charge >= 0.3 is 0 Å². The van der Waals surface area contributed by atoms with Crippen LogP contribution in [0.15, 0.2) is 29.8 Å². The summed E-state index contributed by atoms with van der Waals surface area (Å²) in [6.45, 7) is 1.61. The quantitative estimate of drug-likeness (QED) is 0.784. The maximum atomic E-state index is 12.8. The lowest BCUT2D eigenvalue weighted by atomic mass is 9.91. The SMILES string of the molecule is CN(Cc1ccccn1)C(=O)C1C[C@@H]2CCN(C(=O)c3csnn3)C[C@@H]2O1. The predicted octanol–water partition coefficient (Wildman–Crippen LogP) is 1.21. The van der Waals surface area contributed by atoms with Crippen LogP contribution in [0.2, 0.25) is 0 Å². The fraction of sp³-hybridized carbons (Fsp3) is 0.500. The summed E-state index contributed by atoms with van der Waals surface area (Å²) >= 11 is 1.16. The number of amides is 2. The monoisotopic (exact) mass is 387 g/mol. The Bertz CT molecular complexity index is 801. The van der Waals surface area contributed by atoms with E-state index in [1.807, 2.05) is 18.2 Å². The van der Waals surface area contributed by atoms with E-state index in [1.54, 1.807) is 28.4 Å². The van der Waals surface area contributed by atoms with E-state index >= 15 is 0 Å². The molecule has 2 aromatic heterocycles. The Balaban J connectivity index is 1.35. The lowest BCUT2D eigenvalue weighted by Crippen LogP contribution is -2.45. The van der Waals surface area contributed by atoms with Crippen molar-refractivity contribution >= 4 is 23.3 Å². The largest absolute Gasteiger partial charge is 0.363 e. The first kappa shape index (κ1) is 18.0. The number of rotatable bonds is 4. The van der Waals surface area contributed by atoms with Crippen molar-refractivity contribution in [2.24, 2.45) is 5.92 Å². The Kier molecular flexibility index (Phi) is 5.13. The molecule has 0 bridgehead atoms. The molecule has 2 fully saturated rings. The summed E-state index contributed by atoms with van der Waals surface area (Å²) in [6, 6.07) is 5.66. The third-order valence-corrected chi connectivity index (χ3v) is 5.70. The number of fused-ring (bicyclic) bond motifs is 1. The third-order valence-electron chi connectivity index (χ3n) is 5.20. The Hall–Kier alpha value is -2.39. The molecule has 8 nitrogen and oxygen atoms in total. The topological polar surface area (TPSA) is 88.5 Å². The minimum atomic E-state index is -0.454. The van der Waals surface area contributed by atoms with Crippen LogP contribution in [-0.4, -0.2) is 68.5 Å². The number of carbonyl (C=O) groups is 2. The van der Waals surface area contributed by atoms with Crippen LogP contribution >= 0.6 is 11.5 Å². The molecule has 0 aliphatic carbocycles. The number of pyridine rings is 1. The molecule has 0 N–H and O–H groups in total. The summed E-state index contributed by atoms with van der Waals surface area (Å²) in [5.41, 5.74) is 1.22. The number of hydrogen-bond donors (Lipinski definition) is 0. The van der Waals surface area contributed by atoms with Crippen molar-refractivity contribution in [1.82, 2.24) is 24.4 Å². The first-order valence-electron chi connectivity index (χ1n) is 8.98. The minimum absolute atomic E-state index is 0.0309. The Morgan fingerprint density at radius 2 is 2.30 bits per heavy atom. The fourth-order valence-corrected chi connectivity index (χ4v) is 4.18. The second-order valence-electron chi connectivity index (χ2n) is 7.00. The molecule has 2 aliphatic rings. The van der Waals surface area contributed by atoms with Crippen LogP contribution in [0.3, 0.4) is 0 Å². The van der Waals surface area contributed by atoms with Gasteiger partial charge in [0.15, 0.2) is 5.69 Å². The van der Waals surface area contributed by atoms with E-state index in [0.717, 1.165) is 23.6 Å². The van der Waals surface area contributed by atoms with E-state index < -0.39 is 6.10 Å². The van der Waals surface area contributed by atoms with Gasteiger partial charge in [-0.05, 0) is 42.4 Å². The van der Waals surface area contributed by atoms with Gasteiger partial charge in [0.1, 0.15) is 6.10 Å². The molecule has 2 saturated heterocycles. The van der Waals surface area contributed by atoms with Crippen molar-refractivity contribution in [3.8, 4) is 0 Å². The van der Waals surface area contributed by atoms with E-state index in [2.05, 4.69) is 14.6 Å². The molecule has 0 radical (unpaired) electrons. The number of aromatic nitrogens is 3. The van der Waals surface area contributed by atoms with Crippen LogP contribution in [0.5, 0.6) is 0 Å². The van der Waals surface area contributed by atoms with Gasteiger partial charge in [-0.2, -0.15) is 0 Å². The molecular formula is C18H21N5O3S. The molecule has 27 heavy (non-hydrogen) atoms. The standard InChI is InChI=1S/C18H21N5O3S/c1-22(9-13-4-2-3-6-19-13)18(25)15-8-12-5-7-23(10-16(12)26-15)17(24)14-11-27-21-20-14/h2-4,6,11-12,15-16H,5,7-10H2,1H3/t12-,15?,16-/m0/s1. The highest BCUT2D eigenvalue weighted by atomic mass is 32.1. The highest BCUT2D eigenvalue weighted by molar-refractivity contribution is 7.03. The van der Waals surface area contributed by atoms with Gasteiger partial charge in [0, 0.05) is 31.7 Å². The summed E-state index contributed by atoms with van der Waals surface area (Å²) in [5.74, 6) is 0.157. The average molecular weight is 387 g/mol. The number of nitrogens with zero attached hydrogens (tertiary/aromatic N) is 5. The Labute approximate surface area is 161 Å². The summed E-state index contributed by atoms with van der Waals surface area (Å²) in [6.07, 6.45) is 2.70. The summed E-state index contributed by atoms with van der Waals surface area (Å²) in [7, 11) is 1.77. The number of carbonyl (C=O) groups excluding carboxylic acids is 2. The van der Waals surface area contributed by atoms with Gasteiger partial charge in [0.2, 0.25) is 0 Å². The van der Waals surface area contributed by atoms with Crippen LogP contribution < -0.4 is 0 Å². The molecule has 0 spiro atoms. The molecule has 142 valence electrons. The molecule has 1 unspecified atom stereocenters. The van der Waals surface area contributed by atoms with Crippen LogP contribution in [0.25, 0.3) is 0 Å². The maximum absolute atomic E-state index is 12.8. The van der Waals surface area contributed by atoms with Crippen molar-refractivity contribution in [3.05, 3.63) is 41.2 Å². The van der Waals surface area contributed by atoms with Crippen molar-refractivity contribution in [2.45, 2.75) is 31.6 Å². The van der Waals surface area contributed by atoms with Gasteiger partial charge in [-0.25, -0.2) is 0 Å².